The van der Waals surface area contributed by atoms with Crippen molar-refractivity contribution in [2.45, 2.75) is 13.3 Å². The molecular formula is C3H12BNO3. The molecule has 5 N–H and O–H groups in total. The van der Waals surface area contributed by atoms with E-state index >= 15 is 0 Å². The fourth-order valence-electron chi connectivity index (χ4n) is 0. The quantitative estimate of drug-likeness (QED) is 0.311. The molecule has 0 aromatic carbocycles. The first-order valence-electron chi connectivity index (χ1n) is 2.39. The van der Waals surface area contributed by atoms with Crippen molar-refractivity contribution >= 4 is 7.32 Å². The lowest BCUT2D eigenvalue weighted by Gasteiger charge is -1.70. The summed E-state index contributed by atoms with van der Waals surface area (Å²) in [6, 6.07) is 0. The van der Waals surface area contributed by atoms with E-state index < -0.39 is 7.32 Å². The van der Waals surface area contributed by atoms with E-state index in [1.165, 1.54) is 0 Å². The lowest BCUT2D eigenvalue weighted by atomic mass is 10.3. The average molecular weight is 121 g/mol. The molecule has 0 aliphatic heterocycles. The Labute approximate surface area is 49.1 Å². The second-order valence-electron chi connectivity index (χ2n) is 1.14. The van der Waals surface area contributed by atoms with Gasteiger partial charge in [-0.2, -0.15) is 0 Å². The molecule has 0 saturated carbocycles. The molecule has 0 spiro atoms. The van der Waals surface area contributed by atoms with Crippen LogP contribution in [-0.2, 0) is 0 Å². The van der Waals surface area contributed by atoms with E-state index in [0.29, 0.717) is 0 Å². The Morgan fingerprint density at radius 1 is 1.38 bits per heavy atom. The van der Waals surface area contributed by atoms with Crippen LogP contribution in [0.4, 0.5) is 0 Å². The van der Waals surface area contributed by atoms with Gasteiger partial charge in [0.15, 0.2) is 0 Å². The maximum absolute atomic E-state index is 7.17. The van der Waals surface area contributed by atoms with Gasteiger partial charge in [0.05, 0.1) is 0 Å². The van der Waals surface area contributed by atoms with Crippen molar-refractivity contribution in [3.05, 3.63) is 0 Å². The van der Waals surface area contributed by atoms with Crippen molar-refractivity contribution in [1.82, 2.24) is 0 Å². The van der Waals surface area contributed by atoms with Crippen molar-refractivity contribution in [2.24, 2.45) is 5.73 Å². The van der Waals surface area contributed by atoms with Crippen LogP contribution in [0, 0.1) is 0 Å². The minimum atomic E-state index is -2.17. The van der Waals surface area contributed by atoms with Crippen LogP contribution in [0.3, 0.4) is 0 Å². The summed E-state index contributed by atoms with van der Waals surface area (Å²) >= 11 is 0. The molecule has 0 aliphatic carbocycles. The first-order valence-corrected chi connectivity index (χ1v) is 2.39. The number of hydrogen-bond acceptors (Lipinski definition) is 4. The molecule has 0 saturated heterocycles. The highest BCUT2D eigenvalue weighted by Gasteiger charge is 1.92. The molecule has 8 heavy (non-hydrogen) atoms. The summed E-state index contributed by atoms with van der Waals surface area (Å²) in [5.41, 5.74) is 5.03. The zero-order valence-corrected chi connectivity index (χ0v) is 4.91. The van der Waals surface area contributed by atoms with Gasteiger partial charge in [-0.1, -0.05) is 6.92 Å². The predicted octanol–water partition coefficient (Wildman–Crippen LogP) is -1.70. The lowest BCUT2D eigenvalue weighted by molar-refractivity contribution is 0.278. The van der Waals surface area contributed by atoms with E-state index in [2.05, 4.69) is 6.92 Å². The largest absolute Gasteiger partial charge is 0.631 e. The molecule has 0 aliphatic rings. The summed E-state index contributed by atoms with van der Waals surface area (Å²) in [6.45, 7) is 2.88. The standard InChI is InChI=1S/C3H9N.BH3O3/c1-2-3-4;2-1(3)4/h2-4H2,1H3;2-4H. The summed E-state index contributed by atoms with van der Waals surface area (Å²) in [7, 11) is -2.17. The summed E-state index contributed by atoms with van der Waals surface area (Å²) in [5, 5.41) is 21.5. The maximum Gasteiger partial charge on any atom is 0.631 e. The first-order chi connectivity index (χ1) is 3.65. The van der Waals surface area contributed by atoms with Gasteiger partial charge < -0.3 is 20.8 Å². The van der Waals surface area contributed by atoms with Gasteiger partial charge >= 0.3 is 7.32 Å². The Bertz CT molecular complexity index is 31.0. The Hall–Kier alpha value is -0.0951. The highest BCUT2D eigenvalue weighted by molar-refractivity contribution is 6.30. The lowest BCUT2D eigenvalue weighted by Crippen LogP contribution is -2.07. The molecule has 0 unspecified atom stereocenters. The molecule has 0 heterocycles. The minimum absolute atomic E-state index is 0.819. The highest BCUT2D eigenvalue weighted by Crippen LogP contribution is 1.57. The fraction of sp³-hybridized carbons (Fsp3) is 1.00. The molecular weight excluding hydrogens is 109 g/mol. The number of rotatable bonds is 1. The van der Waals surface area contributed by atoms with E-state index in [1.54, 1.807) is 0 Å². The summed E-state index contributed by atoms with van der Waals surface area (Å²) in [6.07, 6.45) is 1.10. The monoisotopic (exact) mass is 121 g/mol. The third-order valence-corrected chi connectivity index (χ3v) is 0.289. The van der Waals surface area contributed by atoms with Crippen LogP contribution < -0.4 is 5.73 Å². The Balaban J connectivity index is 0. The van der Waals surface area contributed by atoms with Crippen LogP contribution in [0.25, 0.3) is 0 Å². The Morgan fingerprint density at radius 3 is 1.50 bits per heavy atom. The van der Waals surface area contributed by atoms with Crippen LogP contribution >= 0.6 is 0 Å². The molecule has 0 aromatic rings. The zero-order chi connectivity index (χ0) is 6.99. The second kappa shape index (κ2) is 10.0. The molecule has 0 fully saturated rings. The van der Waals surface area contributed by atoms with Gasteiger partial charge in [-0.15, -0.1) is 0 Å². The van der Waals surface area contributed by atoms with Gasteiger partial charge in [-0.3, -0.25) is 0 Å². The molecule has 5 heteroatoms. The van der Waals surface area contributed by atoms with Crippen molar-refractivity contribution < 1.29 is 15.1 Å². The normalized spacial score (nSPS) is 7.12. The molecule has 0 bridgehead atoms. The van der Waals surface area contributed by atoms with Crippen molar-refractivity contribution in [3.8, 4) is 0 Å². The smallest absolute Gasteiger partial charge is 0.402 e. The number of hydrogen-bond donors (Lipinski definition) is 4. The zero-order valence-electron chi connectivity index (χ0n) is 4.91. The maximum atomic E-state index is 7.17. The number of nitrogens with two attached hydrogens (primary N) is 1. The van der Waals surface area contributed by atoms with Crippen molar-refractivity contribution in [3.63, 3.8) is 0 Å². The van der Waals surface area contributed by atoms with Gasteiger partial charge in [-0.25, -0.2) is 0 Å². The van der Waals surface area contributed by atoms with Crippen molar-refractivity contribution in [1.29, 1.82) is 0 Å². The molecule has 50 valence electrons. The second-order valence-corrected chi connectivity index (χ2v) is 1.14. The summed E-state index contributed by atoms with van der Waals surface area (Å²) in [5.74, 6) is 0. The molecule has 4 nitrogen and oxygen atoms in total. The van der Waals surface area contributed by atoms with E-state index in [9.17, 15) is 0 Å². The van der Waals surface area contributed by atoms with Gasteiger partial charge in [0, 0.05) is 0 Å². The van der Waals surface area contributed by atoms with Crippen LogP contribution in [0.2, 0.25) is 0 Å². The highest BCUT2D eigenvalue weighted by atomic mass is 16.5. The Morgan fingerprint density at radius 2 is 1.50 bits per heavy atom. The minimum Gasteiger partial charge on any atom is -0.402 e. The topological polar surface area (TPSA) is 86.7 Å². The van der Waals surface area contributed by atoms with E-state index in [1.807, 2.05) is 0 Å². The van der Waals surface area contributed by atoms with Gasteiger partial charge in [0.1, 0.15) is 0 Å². The van der Waals surface area contributed by atoms with Crippen LogP contribution in [0.15, 0.2) is 0 Å². The van der Waals surface area contributed by atoms with Gasteiger partial charge in [-0.05, 0) is 13.0 Å². The molecule has 0 rings (SSSR count). The first kappa shape index (κ1) is 10.8. The van der Waals surface area contributed by atoms with E-state index in [4.69, 9.17) is 20.8 Å². The molecule has 0 atom stereocenters. The average Bonchev–Trinajstić information content (AvgIpc) is 1.65. The van der Waals surface area contributed by atoms with Crippen molar-refractivity contribution in [2.75, 3.05) is 6.54 Å². The van der Waals surface area contributed by atoms with Gasteiger partial charge in [0.25, 0.3) is 0 Å². The Kier molecular flexibility index (Phi) is 13.5. The third-order valence-electron chi connectivity index (χ3n) is 0.289. The molecule has 0 aromatic heterocycles. The SMILES string of the molecule is CCCN.OB(O)O. The summed E-state index contributed by atoms with van der Waals surface area (Å²) < 4.78 is 0. The molecule has 0 amide bonds. The van der Waals surface area contributed by atoms with Crippen LogP contribution in [0.1, 0.15) is 13.3 Å². The van der Waals surface area contributed by atoms with Crippen LogP contribution in [0.5, 0.6) is 0 Å². The fourth-order valence-corrected chi connectivity index (χ4v) is 0. The molecule has 0 radical (unpaired) electrons. The third kappa shape index (κ3) is 173. The summed E-state index contributed by atoms with van der Waals surface area (Å²) in [4.78, 5) is 0. The predicted molar refractivity (Wildman–Crippen MR) is 31.8 cm³/mol. The van der Waals surface area contributed by atoms with E-state index in [-0.39, 0.29) is 0 Å². The van der Waals surface area contributed by atoms with Crippen LogP contribution in [-0.4, -0.2) is 28.9 Å². The van der Waals surface area contributed by atoms with Gasteiger partial charge in [0.2, 0.25) is 0 Å². The van der Waals surface area contributed by atoms with E-state index in [0.717, 1.165) is 13.0 Å².